The van der Waals surface area contributed by atoms with Gasteiger partial charge in [0.05, 0.1) is 0 Å². The van der Waals surface area contributed by atoms with E-state index < -0.39 is 0 Å². The predicted octanol–water partition coefficient (Wildman–Crippen LogP) is 5.31. The Morgan fingerprint density at radius 2 is 0.667 bits per heavy atom. The van der Waals surface area contributed by atoms with E-state index in [4.69, 9.17) is 9.47 Å². The van der Waals surface area contributed by atoms with Crippen LogP contribution in [0.15, 0.2) is 84.9 Å². The smallest absolute Gasteiger partial charge is 0.114 e. The Kier molecular flexibility index (Phi) is 3.25. The first-order valence-electron chi connectivity index (χ1n) is 8.41. The van der Waals surface area contributed by atoms with E-state index in [0.717, 1.165) is 0 Å². The summed E-state index contributed by atoms with van der Waals surface area (Å²) in [6.45, 7) is 0. The predicted molar refractivity (Wildman–Crippen MR) is 92.5 cm³/mol. The molecule has 3 aromatic carbocycles. The Balaban J connectivity index is 1.28. The highest BCUT2D eigenvalue weighted by molar-refractivity contribution is 5.35. The molecule has 5 rings (SSSR count). The summed E-state index contributed by atoms with van der Waals surface area (Å²) < 4.78 is 11.7. The first kappa shape index (κ1) is 14.0. The number of hydrogen-bond donors (Lipinski definition) is 0. The van der Waals surface area contributed by atoms with Gasteiger partial charge in [-0.25, -0.2) is 0 Å². The van der Waals surface area contributed by atoms with Crippen LogP contribution < -0.4 is 0 Å². The fourth-order valence-corrected chi connectivity index (χ4v) is 3.40. The van der Waals surface area contributed by atoms with Gasteiger partial charge >= 0.3 is 0 Å². The van der Waals surface area contributed by atoms with Gasteiger partial charge < -0.3 is 9.47 Å². The maximum Gasteiger partial charge on any atom is 0.114 e. The zero-order valence-electron chi connectivity index (χ0n) is 13.2. The van der Waals surface area contributed by atoms with Gasteiger partial charge in [-0.05, 0) is 22.3 Å². The molecule has 2 nitrogen and oxygen atoms in total. The van der Waals surface area contributed by atoms with E-state index in [2.05, 4.69) is 72.8 Å². The molecule has 2 heterocycles. The summed E-state index contributed by atoms with van der Waals surface area (Å²) in [4.78, 5) is 0. The second kappa shape index (κ2) is 5.59. The van der Waals surface area contributed by atoms with Gasteiger partial charge in [-0.1, -0.05) is 84.9 Å². The summed E-state index contributed by atoms with van der Waals surface area (Å²) in [5.74, 6) is 0. The largest absolute Gasteiger partial charge is 0.359 e. The molecule has 24 heavy (non-hydrogen) atoms. The van der Waals surface area contributed by atoms with Gasteiger partial charge in [-0.15, -0.1) is 0 Å². The molecule has 2 heteroatoms. The van der Waals surface area contributed by atoms with Crippen LogP contribution in [0.4, 0.5) is 0 Å². The molecule has 4 unspecified atom stereocenters. The molecule has 0 aromatic heterocycles. The lowest BCUT2D eigenvalue weighted by Gasteiger charge is -2.00. The van der Waals surface area contributed by atoms with Crippen molar-refractivity contribution < 1.29 is 9.47 Å². The van der Waals surface area contributed by atoms with Crippen molar-refractivity contribution >= 4 is 0 Å². The average molecular weight is 314 g/mol. The van der Waals surface area contributed by atoms with Crippen molar-refractivity contribution in [3.05, 3.63) is 107 Å². The van der Waals surface area contributed by atoms with Gasteiger partial charge in [-0.2, -0.15) is 0 Å². The third kappa shape index (κ3) is 2.54. The molecular weight excluding hydrogens is 296 g/mol. The second-order valence-electron chi connectivity index (χ2n) is 6.44. The highest BCUT2D eigenvalue weighted by atomic mass is 16.6. The number of ether oxygens (including phenoxy) is 2. The van der Waals surface area contributed by atoms with Crippen molar-refractivity contribution in [1.82, 2.24) is 0 Å². The van der Waals surface area contributed by atoms with E-state index in [1.807, 2.05) is 12.1 Å². The molecule has 2 aliphatic heterocycles. The molecule has 2 saturated heterocycles. The molecule has 0 amide bonds. The highest BCUT2D eigenvalue weighted by Gasteiger charge is 2.43. The Hall–Kier alpha value is -2.42. The zero-order chi connectivity index (χ0) is 15.9. The van der Waals surface area contributed by atoms with E-state index in [0.29, 0.717) is 0 Å². The summed E-state index contributed by atoms with van der Waals surface area (Å²) >= 11 is 0. The molecule has 4 atom stereocenters. The first-order chi connectivity index (χ1) is 11.9. The Bertz CT molecular complexity index is 754. The fraction of sp³-hybridized carbons (Fsp3) is 0.182. The van der Waals surface area contributed by atoms with Gasteiger partial charge in [0.1, 0.15) is 24.4 Å². The SMILES string of the molecule is c1ccc(C2OC2c2ccc(C3OC3c3ccccc3)cc2)cc1. The lowest BCUT2D eigenvalue weighted by Crippen LogP contribution is -1.87. The lowest BCUT2D eigenvalue weighted by atomic mass is 10.0. The van der Waals surface area contributed by atoms with Crippen molar-refractivity contribution in [2.24, 2.45) is 0 Å². The monoisotopic (exact) mass is 314 g/mol. The third-order valence-corrected chi connectivity index (χ3v) is 4.83. The normalized spacial score (nSPS) is 27.7. The van der Waals surface area contributed by atoms with Gasteiger partial charge in [0.25, 0.3) is 0 Å². The van der Waals surface area contributed by atoms with Crippen LogP contribution >= 0.6 is 0 Å². The molecule has 0 saturated carbocycles. The first-order valence-corrected chi connectivity index (χ1v) is 8.41. The van der Waals surface area contributed by atoms with E-state index in [9.17, 15) is 0 Å². The van der Waals surface area contributed by atoms with Crippen molar-refractivity contribution in [3.63, 3.8) is 0 Å². The Morgan fingerprint density at radius 1 is 0.375 bits per heavy atom. The number of benzene rings is 3. The topological polar surface area (TPSA) is 25.1 Å². The van der Waals surface area contributed by atoms with Crippen LogP contribution in [-0.4, -0.2) is 0 Å². The van der Waals surface area contributed by atoms with Gasteiger partial charge in [0, 0.05) is 0 Å². The second-order valence-corrected chi connectivity index (χ2v) is 6.44. The molecule has 118 valence electrons. The molecule has 0 bridgehead atoms. The van der Waals surface area contributed by atoms with Gasteiger partial charge in [-0.3, -0.25) is 0 Å². The van der Waals surface area contributed by atoms with E-state index in [1.54, 1.807) is 0 Å². The maximum atomic E-state index is 5.86. The minimum atomic E-state index is 0.187. The van der Waals surface area contributed by atoms with Crippen molar-refractivity contribution in [2.75, 3.05) is 0 Å². The van der Waals surface area contributed by atoms with E-state index >= 15 is 0 Å². The molecule has 0 N–H and O–H groups in total. The molecule has 0 aliphatic carbocycles. The van der Waals surface area contributed by atoms with E-state index in [1.165, 1.54) is 22.3 Å². The summed E-state index contributed by atoms with van der Waals surface area (Å²) in [7, 11) is 0. The molecule has 2 fully saturated rings. The van der Waals surface area contributed by atoms with Crippen LogP contribution in [0.2, 0.25) is 0 Å². The summed E-state index contributed by atoms with van der Waals surface area (Å²) in [5, 5.41) is 0. The fourth-order valence-electron chi connectivity index (χ4n) is 3.40. The van der Waals surface area contributed by atoms with Crippen molar-refractivity contribution in [3.8, 4) is 0 Å². The van der Waals surface area contributed by atoms with Crippen LogP contribution in [0.1, 0.15) is 46.7 Å². The molecule has 0 radical (unpaired) electrons. The van der Waals surface area contributed by atoms with Crippen LogP contribution in [0.3, 0.4) is 0 Å². The molecule has 3 aromatic rings. The summed E-state index contributed by atoms with van der Waals surface area (Å²) in [6, 6.07) is 29.5. The van der Waals surface area contributed by atoms with Crippen LogP contribution in [-0.2, 0) is 9.47 Å². The minimum absolute atomic E-state index is 0.187. The summed E-state index contributed by atoms with van der Waals surface area (Å²) in [6.07, 6.45) is 0.774. The molecule has 0 spiro atoms. The highest BCUT2D eigenvalue weighted by Crippen LogP contribution is 2.53. The zero-order valence-corrected chi connectivity index (χ0v) is 13.2. The van der Waals surface area contributed by atoms with Crippen LogP contribution in [0.25, 0.3) is 0 Å². The van der Waals surface area contributed by atoms with Crippen LogP contribution in [0.5, 0.6) is 0 Å². The van der Waals surface area contributed by atoms with E-state index in [-0.39, 0.29) is 24.4 Å². The quantitative estimate of drug-likeness (QED) is 0.610. The number of epoxide rings is 2. The minimum Gasteiger partial charge on any atom is -0.359 e. The van der Waals surface area contributed by atoms with Gasteiger partial charge in [0.2, 0.25) is 0 Å². The van der Waals surface area contributed by atoms with Crippen LogP contribution in [0, 0.1) is 0 Å². The summed E-state index contributed by atoms with van der Waals surface area (Å²) in [5.41, 5.74) is 4.98. The molecular formula is C22H18O2. The lowest BCUT2D eigenvalue weighted by molar-refractivity contribution is 0.375. The Morgan fingerprint density at radius 3 is 1.00 bits per heavy atom. The maximum absolute atomic E-state index is 5.86. The van der Waals surface area contributed by atoms with Gasteiger partial charge in [0.15, 0.2) is 0 Å². The third-order valence-electron chi connectivity index (χ3n) is 4.83. The van der Waals surface area contributed by atoms with Crippen molar-refractivity contribution in [2.45, 2.75) is 24.4 Å². The number of rotatable bonds is 4. The van der Waals surface area contributed by atoms with Crippen molar-refractivity contribution in [1.29, 1.82) is 0 Å². The standard InChI is InChI=1S/C22H18O2/c1-3-7-15(8-4-1)19-21(23-19)17-11-13-18(14-12-17)22-20(24-22)16-9-5-2-6-10-16/h1-14,19-22H. The average Bonchev–Trinajstić information content (AvgIpc) is 3.57. The molecule has 2 aliphatic rings. The Labute approximate surface area is 141 Å². The number of hydrogen-bond acceptors (Lipinski definition) is 2.